The lowest BCUT2D eigenvalue weighted by molar-refractivity contribution is -0.130. The number of methoxy groups -OCH3 is 2. The SMILES string of the molecule is CN[C@@H](C[C@H](Cc1ccc(OC)c(OCCCOC)c1)C(C)C)[C@@H](O)CC(C(=O)NCC(C)(C)C(N)=O)C(C)C. The summed E-state index contributed by atoms with van der Waals surface area (Å²) < 4.78 is 16.6. The number of ether oxygens (including phenoxy) is 3. The minimum atomic E-state index is -0.843. The van der Waals surface area contributed by atoms with Gasteiger partial charge in [0.2, 0.25) is 11.8 Å². The van der Waals surface area contributed by atoms with E-state index in [1.54, 1.807) is 28.1 Å². The third-order valence-corrected chi connectivity index (χ3v) is 7.82. The first-order chi connectivity index (χ1) is 18.8. The second kappa shape index (κ2) is 17.5. The molecule has 0 saturated carbocycles. The molecule has 4 atom stereocenters. The molecule has 40 heavy (non-hydrogen) atoms. The minimum Gasteiger partial charge on any atom is -0.493 e. The van der Waals surface area contributed by atoms with Gasteiger partial charge in [-0.3, -0.25) is 9.59 Å². The highest BCUT2D eigenvalue weighted by molar-refractivity contribution is 5.83. The van der Waals surface area contributed by atoms with Crippen LogP contribution in [0.15, 0.2) is 18.2 Å². The van der Waals surface area contributed by atoms with E-state index in [0.717, 1.165) is 24.8 Å². The molecule has 0 spiro atoms. The summed E-state index contributed by atoms with van der Waals surface area (Å²) in [6.45, 7) is 13.1. The number of nitrogens with two attached hydrogens (primary N) is 1. The van der Waals surface area contributed by atoms with E-state index in [2.05, 4.69) is 30.5 Å². The van der Waals surface area contributed by atoms with E-state index in [4.69, 9.17) is 19.9 Å². The van der Waals surface area contributed by atoms with Crippen molar-refractivity contribution in [3.63, 3.8) is 0 Å². The zero-order chi connectivity index (χ0) is 30.5. The van der Waals surface area contributed by atoms with E-state index in [1.165, 1.54) is 0 Å². The normalized spacial score (nSPS) is 15.0. The molecule has 5 N–H and O–H groups in total. The first-order valence-electron chi connectivity index (χ1n) is 14.5. The summed E-state index contributed by atoms with van der Waals surface area (Å²) in [5, 5.41) is 17.5. The van der Waals surface area contributed by atoms with Crippen molar-refractivity contribution in [1.82, 2.24) is 10.6 Å². The van der Waals surface area contributed by atoms with Gasteiger partial charge in [-0.1, -0.05) is 33.8 Å². The smallest absolute Gasteiger partial charge is 0.224 e. The average Bonchev–Trinajstić information content (AvgIpc) is 2.90. The van der Waals surface area contributed by atoms with Crippen molar-refractivity contribution in [2.24, 2.45) is 34.8 Å². The Hall–Kier alpha value is -2.36. The number of aliphatic hydroxyl groups is 1. The Kier molecular flexibility index (Phi) is 15.6. The van der Waals surface area contributed by atoms with Gasteiger partial charge in [0.05, 0.1) is 25.2 Å². The zero-order valence-corrected chi connectivity index (χ0v) is 26.2. The summed E-state index contributed by atoms with van der Waals surface area (Å²) in [6, 6.07) is 5.85. The number of aliphatic hydroxyl groups excluding tert-OH is 1. The summed E-state index contributed by atoms with van der Waals surface area (Å²) in [4.78, 5) is 24.7. The maximum absolute atomic E-state index is 13.0. The van der Waals surface area contributed by atoms with E-state index in [0.29, 0.717) is 37.1 Å². The number of carbonyl (C=O) groups is 2. The van der Waals surface area contributed by atoms with Gasteiger partial charge in [-0.15, -0.1) is 0 Å². The van der Waals surface area contributed by atoms with Gasteiger partial charge in [0, 0.05) is 38.6 Å². The average molecular weight is 566 g/mol. The fraction of sp³-hybridized carbons (Fsp3) is 0.742. The number of hydrogen-bond donors (Lipinski definition) is 4. The minimum absolute atomic E-state index is 0.0198. The van der Waals surface area contributed by atoms with Crippen molar-refractivity contribution >= 4 is 11.8 Å². The fourth-order valence-corrected chi connectivity index (χ4v) is 4.67. The third kappa shape index (κ3) is 11.6. The molecule has 0 heterocycles. The molecule has 1 rings (SSSR count). The van der Waals surface area contributed by atoms with E-state index in [9.17, 15) is 14.7 Å². The van der Waals surface area contributed by atoms with Crippen LogP contribution in [0.5, 0.6) is 11.5 Å². The molecular formula is C31H55N3O6. The second-order valence-electron chi connectivity index (χ2n) is 12.1. The summed E-state index contributed by atoms with van der Waals surface area (Å²) in [5.41, 5.74) is 5.75. The van der Waals surface area contributed by atoms with Crippen molar-refractivity contribution in [2.45, 2.75) is 79.4 Å². The van der Waals surface area contributed by atoms with Crippen molar-refractivity contribution < 1.29 is 28.9 Å². The molecule has 9 heteroatoms. The van der Waals surface area contributed by atoms with Crippen molar-refractivity contribution in [2.75, 3.05) is 41.0 Å². The first kappa shape index (κ1) is 35.7. The van der Waals surface area contributed by atoms with Crippen molar-refractivity contribution in [1.29, 1.82) is 0 Å². The Labute approximate surface area is 241 Å². The molecule has 2 amide bonds. The molecule has 1 aromatic carbocycles. The molecule has 0 aliphatic rings. The Balaban J connectivity index is 2.95. The van der Waals surface area contributed by atoms with Gasteiger partial charge in [0.1, 0.15) is 0 Å². The Morgan fingerprint density at radius 2 is 1.70 bits per heavy atom. The molecule has 0 aromatic heterocycles. The predicted molar refractivity (Wildman–Crippen MR) is 159 cm³/mol. The predicted octanol–water partition coefficient (Wildman–Crippen LogP) is 3.55. The molecule has 0 bridgehead atoms. The highest BCUT2D eigenvalue weighted by Crippen LogP contribution is 2.32. The topological polar surface area (TPSA) is 132 Å². The Bertz CT molecular complexity index is 905. The first-order valence-corrected chi connectivity index (χ1v) is 14.5. The molecule has 230 valence electrons. The van der Waals surface area contributed by atoms with Gasteiger partial charge in [0.25, 0.3) is 0 Å². The lowest BCUT2D eigenvalue weighted by Crippen LogP contribution is -2.47. The summed E-state index contributed by atoms with van der Waals surface area (Å²) in [5.74, 6) is 1.05. The van der Waals surface area contributed by atoms with Crippen LogP contribution in [-0.2, 0) is 20.7 Å². The molecule has 0 aliphatic heterocycles. The van der Waals surface area contributed by atoms with Crippen molar-refractivity contribution in [3.8, 4) is 11.5 Å². The van der Waals surface area contributed by atoms with E-state index >= 15 is 0 Å². The third-order valence-electron chi connectivity index (χ3n) is 7.82. The van der Waals surface area contributed by atoms with Crippen LogP contribution in [0, 0.1) is 29.1 Å². The standard InChI is InChI=1S/C31H55N3O6/c1-20(2)23(15-22-11-12-27(39-9)28(16-22)40-14-10-13-38-8)17-25(33-7)26(35)18-24(21(3)4)29(36)34-19-31(5,6)30(32)37/h11-12,16,20-21,23-26,33,35H,10,13-15,17-19H2,1-9H3,(H2,32,37)(H,34,36)/t23-,24?,25-,26-/m0/s1. The van der Waals surface area contributed by atoms with Gasteiger partial charge in [-0.25, -0.2) is 0 Å². The zero-order valence-electron chi connectivity index (χ0n) is 26.2. The van der Waals surface area contributed by atoms with Crippen molar-refractivity contribution in [3.05, 3.63) is 23.8 Å². The lowest BCUT2D eigenvalue weighted by atomic mass is 9.80. The van der Waals surface area contributed by atoms with Crippen LogP contribution in [-0.4, -0.2) is 70.1 Å². The van der Waals surface area contributed by atoms with Gasteiger partial charge >= 0.3 is 0 Å². The van der Waals surface area contributed by atoms with Crippen LogP contribution in [0.1, 0.15) is 66.4 Å². The van der Waals surface area contributed by atoms with Crippen LogP contribution < -0.4 is 25.8 Å². The quantitative estimate of drug-likeness (QED) is 0.178. The van der Waals surface area contributed by atoms with Crippen LogP contribution in [0.3, 0.4) is 0 Å². The van der Waals surface area contributed by atoms with E-state index < -0.39 is 23.3 Å². The largest absolute Gasteiger partial charge is 0.493 e. The number of primary amides is 1. The summed E-state index contributed by atoms with van der Waals surface area (Å²) >= 11 is 0. The number of carbonyl (C=O) groups excluding carboxylic acids is 2. The number of rotatable bonds is 20. The van der Waals surface area contributed by atoms with E-state index in [-0.39, 0.29) is 30.3 Å². The highest BCUT2D eigenvalue weighted by atomic mass is 16.5. The summed E-state index contributed by atoms with van der Waals surface area (Å²) in [6.07, 6.45) is 1.95. The molecule has 1 aromatic rings. The van der Waals surface area contributed by atoms with Gasteiger partial charge < -0.3 is 35.7 Å². The number of hydrogen-bond acceptors (Lipinski definition) is 7. The molecule has 0 radical (unpaired) electrons. The number of amides is 2. The van der Waals surface area contributed by atoms with Crippen LogP contribution in [0.2, 0.25) is 0 Å². The maximum Gasteiger partial charge on any atom is 0.224 e. The fourth-order valence-electron chi connectivity index (χ4n) is 4.67. The van der Waals surface area contributed by atoms with Crippen LogP contribution in [0.4, 0.5) is 0 Å². The van der Waals surface area contributed by atoms with Gasteiger partial charge in [-0.2, -0.15) is 0 Å². The van der Waals surface area contributed by atoms with Gasteiger partial charge in [0.15, 0.2) is 11.5 Å². The molecule has 0 saturated heterocycles. The molecule has 0 aliphatic carbocycles. The van der Waals surface area contributed by atoms with Gasteiger partial charge in [-0.05, 0) is 75.6 Å². The Morgan fingerprint density at radius 1 is 1.02 bits per heavy atom. The number of likely N-dealkylation sites (N-methyl/N-ethyl adjacent to an activating group) is 1. The second-order valence-corrected chi connectivity index (χ2v) is 12.1. The molecule has 0 fully saturated rings. The highest BCUT2D eigenvalue weighted by Gasteiger charge is 2.32. The summed E-state index contributed by atoms with van der Waals surface area (Å²) in [7, 11) is 5.16. The monoisotopic (exact) mass is 565 g/mol. The number of nitrogens with one attached hydrogen (secondary N) is 2. The molecule has 9 nitrogen and oxygen atoms in total. The van der Waals surface area contributed by atoms with Crippen LogP contribution in [0.25, 0.3) is 0 Å². The molecule has 1 unspecified atom stereocenters. The van der Waals surface area contributed by atoms with Crippen LogP contribution >= 0.6 is 0 Å². The maximum atomic E-state index is 13.0. The lowest BCUT2D eigenvalue weighted by Gasteiger charge is -2.32. The Morgan fingerprint density at radius 3 is 2.23 bits per heavy atom. The molecular weight excluding hydrogens is 510 g/mol. The number of benzene rings is 1. The van der Waals surface area contributed by atoms with E-state index in [1.807, 2.05) is 33.0 Å².